The Morgan fingerprint density at radius 2 is 2.20 bits per heavy atom. The lowest BCUT2D eigenvalue weighted by atomic mass is 10.1. The lowest BCUT2D eigenvalue weighted by molar-refractivity contribution is 0.0690. The van der Waals surface area contributed by atoms with Gasteiger partial charge in [-0.1, -0.05) is 19.9 Å². The molecular weight excluding hydrogens is 254 g/mol. The predicted molar refractivity (Wildman–Crippen MR) is 73.8 cm³/mol. The second-order valence-electron chi connectivity index (χ2n) is 5.00. The quantitative estimate of drug-likeness (QED) is 0.925. The molecule has 1 N–H and O–H groups in total. The van der Waals surface area contributed by atoms with E-state index in [4.69, 9.17) is 10.4 Å². The van der Waals surface area contributed by atoms with Crippen LogP contribution in [0, 0.1) is 17.2 Å². The molecule has 0 aliphatic rings. The zero-order valence-corrected chi connectivity index (χ0v) is 11.4. The Balaban J connectivity index is 2.53. The van der Waals surface area contributed by atoms with Crippen LogP contribution in [0.3, 0.4) is 0 Å². The molecule has 0 amide bonds. The molecule has 0 fully saturated rings. The van der Waals surface area contributed by atoms with Crippen LogP contribution in [0.1, 0.15) is 35.6 Å². The van der Waals surface area contributed by atoms with Crippen molar-refractivity contribution < 1.29 is 9.90 Å². The molecule has 1 heterocycles. The van der Waals surface area contributed by atoms with Crippen LogP contribution in [0.5, 0.6) is 0 Å². The predicted octanol–water partition coefficient (Wildman–Crippen LogP) is 2.64. The van der Waals surface area contributed by atoms with E-state index in [2.05, 4.69) is 25.0 Å². The number of hydrogen-bond acceptors (Lipinski definition) is 3. The Hall–Kier alpha value is -2.61. The molecule has 0 aliphatic heterocycles. The molecule has 1 aromatic carbocycles. The summed E-state index contributed by atoms with van der Waals surface area (Å²) in [6.07, 6.45) is 0.719. The average molecular weight is 269 g/mol. The second kappa shape index (κ2) is 5.57. The fourth-order valence-corrected chi connectivity index (χ4v) is 2.02. The van der Waals surface area contributed by atoms with Crippen LogP contribution in [0.4, 0.5) is 0 Å². The SMILES string of the molecule is CC(C)Cc1cc(C(=O)O)nn1-c1cccc(C#N)c1. The number of nitriles is 1. The van der Waals surface area contributed by atoms with Crippen molar-refractivity contribution >= 4 is 5.97 Å². The van der Waals surface area contributed by atoms with Gasteiger partial charge in [0, 0.05) is 5.69 Å². The molecule has 0 saturated carbocycles. The van der Waals surface area contributed by atoms with E-state index < -0.39 is 5.97 Å². The Morgan fingerprint density at radius 1 is 1.45 bits per heavy atom. The number of benzene rings is 1. The fourth-order valence-electron chi connectivity index (χ4n) is 2.02. The van der Waals surface area contributed by atoms with Gasteiger partial charge in [0.1, 0.15) is 0 Å². The number of hydrogen-bond donors (Lipinski definition) is 1. The molecule has 0 aliphatic carbocycles. The Bertz CT molecular complexity index is 681. The third-order valence-electron chi connectivity index (χ3n) is 2.84. The van der Waals surface area contributed by atoms with Crippen LogP contribution in [-0.4, -0.2) is 20.9 Å². The Morgan fingerprint density at radius 3 is 2.80 bits per heavy atom. The average Bonchev–Trinajstić information content (AvgIpc) is 2.82. The number of nitrogens with zero attached hydrogens (tertiary/aromatic N) is 3. The van der Waals surface area contributed by atoms with Crippen LogP contribution in [0.15, 0.2) is 30.3 Å². The van der Waals surface area contributed by atoms with E-state index in [0.717, 1.165) is 12.1 Å². The number of aromatic nitrogens is 2. The van der Waals surface area contributed by atoms with Crippen LogP contribution < -0.4 is 0 Å². The molecule has 5 heteroatoms. The van der Waals surface area contributed by atoms with E-state index in [-0.39, 0.29) is 5.69 Å². The van der Waals surface area contributed by atoms with Crippen molar-refractivity contribution in [2.24, 2.45) is 5.92 Å². The maximum absolute atomic E-state index is 11.1. The first kappa shape index (κ1) is 13.8. The van der Waals surface area contributed by atoms with Gasteiger partial charge in [0.2, 0.25) is 0 Å². The van der Waals surface area contributed by atoms with Crippen molar-refractivity contribution in [1.82, 2.24) is 9.78 Å². The van der Waals surface area contributed by atoms with Crippen molar-refractivity contribution in [3.8, 4) is 11.8 Å². The molecule has 0 bridgehead atoms. The van der Waals surface area contributed by atoms with Gasteiger partial charge < -0.3 is 5.11 Å². The summed E-state index contributed by atoms with van der Waals surface area (Å²) >= 11 is 0. The molecule has 0 saturated heterocycles. The topological polar surface area (TPSA) is 78.9 Å². The molecule has 20 heavy (non-hydrogen) atoms. The van der Waals surface area contributed by atoms with Crippen LogP contribution in [-0.2, 0) is 6.42 Å². The van der Waals surface area contributed by atoms with Gasteiger partial charge in [-0.15, -0.1) is 0 Å². The summed E-state index contributed by atoms with van der Waals surface area (Å²) in [6.45, 7) is 4.12. The summed E-state index contributed by atoms with van der Waals surface area (Å²) < 4.78 is 1.60. The minimum Gasteiger partial charge on any atom is -0.476 e. The van der Waals surface area contributed by atoms with Gasteiger partial charge in [-0.25, -0.2) is 9.48 Å². The van der Waals surface area contributed by atoms with Gasteiger partial charge in [0.15, 0.2) is 5.69 Å². The van der Waals surface area contributed by atoms with Crippen molar-refractivity contribution in [3.05, 3.63) is 47.3 Å². The molecule has 0 spiro atoms. The Labute approximate surface area is 117 Å². The van der Waals surface area contributed by atoms with Gasteiger partial charge in [-0.05, 0) is 36.6 Å². The third kappa shape index (κ3) is 2.86. The molecule has 2 rings (SSSR count). The van der Waals surface area contributed by atoms with Gasteiger partial charge in [0.25, 0.3) is 0 Å². The highest BCUT2D eigenvalue weighted by Gasteiger charge is 2.15. The zero-order valence-electron chi connectivity index (χ0n) is 11.4. The van der Waals surface area contributed by atoms with Crippen molar-refractivity contribution in [1.29, 1.82) is 5.26 Å². The van der Waals surface area contributed by atoms with Gasteiger partial charge >= 0.3 is 5.97 Å². The molecule has 102 valence electrons. The molecule has 2 aromatic rings. The summed E-state index contributed by atoms with van der Waals surface area (Å²) in [6, 6.07) is 10.6. The van der Waals surface area contributed by atoms with Gasteiger partial charge in [0.05, 0.1) is 17.3 Å². The third-order valence-corrected chi connectivity index (χ3v) is 2.84. The lowest BCUT2D eigenvalue weighted by Gasteiger charge is -2.09. The lowest BCUT2D eigenvalue weighted by Crippen LogP contribution is -2.06. The largest absolute Gasteiger partial charge is 0.476 e. The van der Waals surface area contributed by atoms with E-state index in [1.165, 1.54) is 0 Å². The molecule has 0 atom stereocenters. The number of carbonyl (C=O) groups is 1. The minimum absolute atomic E-state index is 0.0167. The summed E-state index contributed by atoms with van der Waals surface area (Å²) in [7, 11) is 0. The maximum Gasteiger partial charge on any atom is 0.356 e. The Kier molecular flexibility index (Phi) is 3.85. The molecule has 0 unspecified atom stereocenters. The standard InChI is InChI=1S/C15H15N3O2/c1-10(2)6-13-8-14(15(19)20)17-18(13)12-5-3-4-11(7-12)9-16/h3-5,7-8,10H,6H2,1-2H3,(H,19,20). The first-order chi connectivity index (χ1) is 9.51. The second-order valence-corrected chi connectivity index (χ2v) is 5.00. The molecule has 1 aromatic heterocycles. The van der Waals surface area contributed by atoms with Crippen molar-refractivity contribution in [3.63, 3.8) is 0 Å². The smallest absolute Gasteiger partial charge is 0.356 e. The van der Waals surface area contributed by atoms with E-state index in [1.54, 1.807) is 28.9 Å². The van der Waals surface area contributed by atoms with E-state index >= 15 is 0 Å². The summed E-state index contributed by atoms with van der Waals surface area (Å²) in [5.41, 5.74) is 2.06. The summed E-state index contributed by atoms with van der Waals surface area (Å²) in [5.74, 6) is -0.670. The monoisotopic (exact) mass is 269 g/mol. The zero-order chi connectivity index (χ0) is 14.7. The van der Waals surface area contributed by atoms with E-state index in [0.29, 0.717) is 17.2 Å². The normalized spacial score (nSPS) is 10.5. The highest BCUT2D eigenvalue weighted by atomic mass is 16.4. The van der Waals surface area contributed by atoms with E-state index in [1.807, 2.05) is 6.07 Å². The maximum atomic E-state index is 11.1. The van der Waals surface area contributed by atoms with Crippen molar-refractivity contribution in [2.75, 3.05) is 0 Å². The highest BCUT2D eigenvalue weighted by molar-refractivity contribution is 5.85. The molecule has 5 nitrogen and oxygen atoms in total. The van der Waals surface area contributed by atoms with Crippen LogP contribution in [0.2, 0.25) is 0 Å². The van der Waals surface area contributed by atoms with Gasteiger partial charge in [-0.2, -0.15) is 10.4 Å². The highest BCUT2D eigenvalue weighted by Crippen LogP contribution is 2.17. The van der Waals surface area contributed by atoms with E-state index in [9.17, 15) is 4.79 Å². The van der Waals surface area contributed by atoms with Crippen LogP contribution in [0.25, 0.3) is 5.69 Å². The van der Waals surface area contributed by atoms with Crippen molar-refractivity contribution in [2.45, 2.75) is 20.3 Å². The minimum atomic E-state index is -1.05. The molecule has 0 radical (unpaired) electrons. The summed E-state index contributed by atoms with van der Waals surface area (Å²) in [4.78, 5) is 11.1. The fraction of sp³-hybridized carbons (Fsp3) is 0.267. The first-order valence-electron chi connectivity index (χ1n) is 6.34. The summed E-state index contributed by atoms with van der Waals surface area (Å²) in [5, 5.41) is 22.1. The first-order valence-corrected chi connectivity index (χ1v) is 6.34. The number of carboxylic acid groups (broad SMARTS) is 1. The number of rotatable bonds is 4. The number of aromatic carboxylic acids is 1. The number of carboxylic acids is 1. The van der Waals surface area contributed by atoms with Gasteiger partial charge in [-0.3, -0.25) is 0 Å². The van der Waals surface area contributed by atoms with Crippen LogP contribution >= 0.6 is 0 Å². The molecular formula is C15H15N3O2.